The lowest BCUT2D eigenvalue weighted by molar-refractivity contribution is -0.163. The number of hydrogen-bond donors (Lipinski definition) is 2. The van der Waals surface area contributed by atoms with E-state index in [1.54, 1.807) is 0 Å². The molecule has 1 fully saturated rings. The van der Waals surface area contributed by atoms with Crippen LogP contribution >= 0.6 is 0 Å². The van der Waals surface area contributed by atoms with E-state index in [0.717, 1.165) is 11.1 Å². The Morgan fingerprint density at radius 2 is 1.54 bits per heavy atom. The Morgan fingerprint density at radius 1 is 0.962 bits per heavy atom. The molecule has 4 atom stereocenters. The lowest BCUT2D eigenvalue weighted by Gasteiger charge is -2.27. The minimum atomic E-state index is -1.58. The molecule has 0 bridgehead atoms. The zero-order valence-corrected chi connectivity index (χ0v) is 14.2. The van der Waals surface area contributed by atoms with Gasteiger partial charge in [0, 0.05) is 0 Å². The molecule has 2 aromatic rings. The number of rotatable bonds is 7. The summed E-state index contributed by atoms with van der Waals surface area (Å²) >= 11 is 0. The first kappa shape index (κ1) is 18.5. The molecule has 0 radical (unpaired) electrons. The van der Waals surface area contributed by atoms with Gasteiger partial charge in [0.25, 0.3) is 0 Å². The van der Waals surface area contributed by atoms with Gasteiger partial charge in [0.05, 0.1) is 19.8 Å². The van der Waals surface area contributed by atoms with Crippen molar-refractivity contribution in [1.29, 1.82) is 5.26 Å². The summed E-state index contributed by atoms with van der Waals surface area (Å²) in [5, 5.41) is 29.8. The second-order valence-electron chi connectivity index (χ2n) is 6.20. The molecule has 0 saturated carbocycles. The van der Waals surface area contributed by atoms with Crippen LogP contribution in [0.2, 0.25) is 0 Å². The average Bonchev–Trinajstić information content (AvgIpc) is 2.92. The fourth-order valence-electron chi connectivity index (χ4n) is 2.90. The van der Waals surface area contributed by atoms with Crippen molar-refractivity contribution < 1.29 is 24.4 Å². The Kier molecular flexibility index (Phi) is 5.99. The zero-order chi connectivity index (χ0) is 18.4. The summed E-state index contributed by atoms with van der Waals surface area (Å²) in [6.45, 7) is 0.331. The fourth-order valence-corrected chi connectivity index (χ4v) is 2.90. The molecule has 0 spiro atoms. The molecule has 0 aromatic heterocycles. The second-order valence-corrected chi connectivity index (χ2v) is 6.20. The van der Waals surface area contributed by atoms with Crippen LogP contribution < -0.4 is 0 Å². The third kappa shape index (κ3) is 4.10. The topological polar surface area (TPSA) is 91.9 Å². The molecule has 1 aliphatic heterocycles. The molecule has 1 saturated heterocycles. The summed E-state index contributed by atoms with van der Waals surface area (Å²) in [5.41, 5.74) is 0.252. The molecule has 0 aliphatic carbocycles. The number of hydrogen-bond acceptors (Lipinski definition) is 6. The lowest BCUT2D eigenvalue weighted by Crippen LogP contribution is -2.47. The number of aliphatic hydroxyl groups excluding tert-OH is 2. The normalized spacial score (nSPS) is 28.0. The Labute approximate surface area is 152 Å². The highest BCUT2D eigenvalue weighted by atomic mass is 16.7. The third-order valence-electron chi connectivity index (χ3n) is 4.28. The summed E-state index contributed by atoms with van der Waals surface area (Å²) in [6.07, 6.45) is -3.87. The van der Waals surface area contributed by atoms with Gasteiger partial charge >= 0.3 is 0 Å². The Morgan fingerprint density at radius 3 is 2.12 bits per heavy atom. The van der Waals surface area contributed by atoms with Crippen molar-refractivity contribution in [2.24, 2.45) is 0 Å². The molecule has 1 heterocycles. The van der Waals surface area contributed by atoms with Gasteiger partial charge < -0.3 is 24.4 Å². The molecule has 1 aliphatic rings. The highest BCUT2D eigenvalue weighted by Gasteiger charge is 2.56. The average molecular weight is 355 g/mol. The third-order valence-corrected chi connectivity index (χ3v) is 4.28. The van der Waals surface area contributed by atoms with E-state index >= 15 is 0 Å². The fraction of sp³-hybridized carbons (Fsp3) is 0.350. The van der Waals surface area contributed by atoms with Crippen molar-refractivity contribution in [2.75, 3.05) is 6.61 Å². The Hall–Kier alpha value is -2.27. The van der Waals surface area contributed by atoms with Crippen LogP contribution in [0.4, 0.5) is 0 Å². The van der Waals surface area contributed by atoms with Crippen molar-refractivity contribution in [3.8, 4) is 6.07 Å². The highest BCUT2D eigenvalue weighted by Crippen LogP contribution is 2.33. The molecule has 26 heavy (non-hydrogen) atoms. The number of benzene rings is 2. The van der Waals surface area contributed by atoms with E-state index < -0.39 is 24.1 Å². The van der Waals surface area contributed by atoms with Gasteiger partial charge in [-0.05, 0) is 11.1 Å². The van der Waals surface area contributed by atoms with Crippen LogP contribution in [0.5, 0.6) is 0 Å². The van der Waals surface area contributed by atoms with Crippen molar-refractivity contribution >= 4 is 0 Å². The molecule has 0 unspecified atom stereocenters. The summed E-state index contributed by atoms with van der Waals surface area (Å²) in [5.74, 6) is 0. The molecule has 6 heteroatoms. The van der Waals surface area contributed by atoms with Crippen LogP contribution in [0.1, 0.15) is 11.1 Å². The van der Waals surface area contributed by atoms with E-state index in [9.17, 15) is 15.5 Å². The standard InChI is InChI=1S/C20H21NO5/c21-13-20(14-24-11-15-7-3-1-4-8-15)18(17(22)19(23)26-20)25-12-16-9-5-2-6-10-16/h1-10,17-19,22-23H,11-12,14H2/t17-,18+,19+,20-/m1/s1. The van der Waals surface area contributed by atoms with Gasteiger partial charge in [-0.25, -0.2) is 0 Å². The monoisotopic (exact) mass is 355 g/mol. The molecule has 3 rings (SSSR count). The van der Waals surface area contributed by atoms with Crippen LogP contribution in [0, 0.1) is 11.3 Å². The molecule has 2 N–H and O–H groups in total. The number of aliphatic hydroxyl groups is 2. The van der Waals surface area contributed by atoms with Crippen molar-refractivity contribution in [3.63, 3.8) is 0 Å². The van der Waals surface area contributed by atoms with Gasteiger partial charge in [-0.3, -0.25) is 0 Å². The van der Waals surface area contributed by atoms with Crippen LogP contribution in [0.3, 0.4) is 0 Å². The van der Waals surface area contributed by atoms with Gasteiger partial charge in [0.2, 0.25) is 5.60 Å². The number of nitriles is 1. The van der Waals surface area contributed by atoms with Crippen LogP contribution in [0.15, 0.2) is 60.7 Å². The van der Waals surface area contributed by atoms with Gasteiger partial charge in [0.1, 0.15) is 18.3 Å². The maximum absolute atomic E-state index is 10.2. The van der Waals surface area contributed by atoms with Gasteiger partial charge in [-0.1, -0.05) is 60.7 Å². The zero-order valence-electron chi connectivity index (χ0n) is 14.2. The van der Waals surface area contributed by atoms with Gasteiger partial charge in [-0.2, -0.15) is 5.26 Å². The Balaban J connectivity index is 1.67. The van der Waals surface area contributed by atoms with Crippen molar-refractivity contribution in [2.45, 2.75) is 37.3 Å². The van der Waals surface area contributed by atoms with E-state index in [2.05, 4.69) is 0 Å². The first-order valence-electron chi connectivity index (χ1n) is 8.37. The van der Waals surface area contributed by atoms with E-state index in [-0.39, 0.29) is 19.8 Å². The van der Waals surface area contributed by atoms with E-state index in [0.29, 0.717) is 0 Å². The van der Waals surface area contributed by atoms with Crippen molar-refractivity contribution in [3.05, 3.63) is 71.8 Å². The SMILES string of the molecule is N#C[C@]1(COCc2ccccc2)O[C@H](O)[C@H](O)[C@@H]1OCc1ccccc1. The predicted octanol–water partition coefficient (Wildman–Crippen LogP) is 1.76. The van der Waals surface area contributed by atoms with E-state index in [1.165, 1.54) is 0 Å². The maximum Gasteiger partial charge on any atom is 0.209 e. The summed E-state index contributed by atoms with van der Waals surface area (Å²) < 4.78 is 16.7. The van der Waals surface area contributed by atoms with Crippen LogP contribution in [0.25, 0.3) is 0 Å². The lowest BCUT2D eigenvalue weighted by atomic mass is 9.97. The first-order valence-corrected chi connectivity index (χ1v) is 8.37. The minimum Gasteiger partial charge on any atom is -0.385 e. The first-order chi connectivity index (χ1) is 12.6. The smallest absolute Gasteiger partial charge is 0.209 e. The van der Waals surface area contributed by atoms with Gasteiger partial charge in [-0.15, -0.1) is 0 Å². The number of nitrogens with zero attached hydrogens (tertiary/aromatic N) is 1. The summed E-state index contributed by atoms with van der Waals surface area (Å²) in [6, 6.07) is 20.9. The maximum atomic E-state index is 10.2. The van der Waals surface area contributed by atoms with Crippen molar-refractivity contribution in [1.82, 2.24) is 0 Å². The van der Waals surface area contributed by atoms with Crippen LogP contribution in [-0.4, -0.2) is 40.9 Å². The molecular formula is C20H21NO5. The quantitative estimate of drug-likeness (QED) is 0.786. The van der Waals surface area contributed by atoms with Gasteiger partial charge in [0.15, 0.2) is 6.29 Å². The number of ether oxygens (including phenoxy) is 3. The summed E-state index contributed by atoms with van der Waals surface area (Å²) in [4.78, 5) is 0. The molecule has 2 aromatic carbocycles. The molecule has 6 nitrogen and oxygen atoms in total. The molecule has 136 valence electrons. The second kappa shape index (κ2) is 8.41. The van der Waals surface area contributed by atoms with E-state index in [4.69, 9.17) is 14.2 Å². The minimum absolute atomic E-state index is 0.133. The Bertz CT molecular complexity index is 733. The summed E-state index contributed by atoms with van der Waals surface area (Å²) in [7, 11) is 0. The molecule has 0 amide bonds. The highest BCUT2D eigenvalue weighted by molar-refractivity contribution is 5.17. The largest absolute Gasteiger partial charge is 0.385 e. The van der Waals surface area contributed by atoms with Crippen LogP contribution in [-0.2, 0) is 27.4 Å². The predicted molar refractivity (Wildman–Crippen MR) is 92.6 cm³/mol. The van der Waals surface area contributed by atoms with E-state index in [1.807, 2.05) is 66.7 Å². The molecular weight excluding hydrogens is 334 g/mol.